The second-order valence-electron chi connectivity index (χ2n) is 4.92. The van der Waals surface area contributed by atoms with Crippen molar-refractivity contribution < 1.29 is 4.79 Å². The summed E-state index contributed by atoms with van der Waals surface area (Å²) in [5, 5.41) is 0. The van der Waals surface area contributed by atoms with E-state index in [1.807, 2.05) is 18.2 Å². The van der Waals surface area contributed by atoms with Crippen LogP contribution in [0.1, 0.15) is 68.6 Å². The molecule has 0 radical (unpaired) electrons. The molecule has 0 bridgehead atoms. The van der Waals surface area contributed by atoms with E-state index in [0.29, 0.717) is 12.1 Å². The van der Waals surface area contributed by atoms with Crippen molar-refractivity contribution in [2.75, 3.05) is 5.73 Å². The second kappa shape index (κ2) is 8.73. The summed E-state index contributed by atoms with van der Waals surface area (Å²) in [6.45, 7) is 2.23. The molecule has 18 heavy (non-hydrogen) atoms. The van der Waals surface area contributed by atoms with Gasteiger partial charge in [0.25, 0.3) is 0 Å². The Bertz CT molecular complexity index is 360. The molecule has 0 unspecified atom stereocenters. The normalized spacial score (nSPS) is 10.5. The lowest BCUT2D eigenvalue weighted by Gasteiger charge is -2.03. The van der Waals surface area contributed by atoms with Crippen molar-refractivity contribution in [1.82, 2.24) is 0 Å². The first-order valence-electron chi connectivity index (χ1n) is 7.12. The highest BCUT2D eigenvalue weighted by atomic mass is 16.1. The maximum atomic E-state index is 11.9. The minimum atomic E-state index is 0.218. The molecule has 1 aromatic rings. The van der Waals surface area contributed by atoms with E-state index in [4.69, 9.17) is 5.73 Å². The molecule has 0 aliphatic carbocycles. The molecule has 0 aliphatic heterocycles. The van der Waals surface area contributed by atoms with Crippen LogP contribution in [0.25, 0.3) is 0 Å². The third kappa shape index (κ3) is 5.85. The van der Waals surface area contributed by atoms with E-state index < -0.39 is 0 Å². The summed E-state index contributed by atoms with van der Waals surface area (Å²) in [5.41, 5.74) is 7.08. The fourth-order valence-corrected chi connectivity index (χ4v) is 2.10. The molecule has 2 nitrogen and oxygen atoms in total. The average molecular weight is 247 g/mol. The van der Waals surface area contributed by atoms with Crippen LogP contribution in [0.4, 0.5) is 5.69 Å². The van der Waals surface area contributed by atoms with Gasteiger partial charge in [-0.2, -0.15) is 0 Å². The molecule has 1 rings (SSSR count). The van der Waals surface area contributed by atoms with Gasteiger partial charge in [0, 0.05) is 17.7 Å². The van der Waals surface area contributed by atoms with Crippen LogP contribution < -0.4 is 5.73 Å². The zero-order valence-electron chi connectivity index (χ0n) is 11.5. The Morgan fingerprint density at radius 1 is 1.06 bits per heavy atom. The number of nitrogen functional groups attached to an aromatic ring is 1. The van der Waals surface area contributed by atoms with Gasteiger partial charge in [-0.25, -0.2) is 0 Å². The van der Waals surface area contributed by atoms with E-state index in [2.05, 4.69) is 6.92 Å². The Hall–Kier alpha value is -1.31. The van der Waals surface area contributed by atoms with E-state index in [9.17, 15) is 4.79 Å². The minimum absolute atomic E-state index is 0.218. The summed E-state index contributed by atoms with van der Waals surface area (Å²) < 4.78 is 0. The topological polar surface area (TPSA) is 43.1 Å². The quantitative estimate of drug-likeness (QED) is 0.394. The number of anilines is 1. The van der Waals surface area contributed by atoms with Crippen LogP contribution in [0.15, 0.2) is 24.3 Å². The number of Topliss-reactive ketones (excluding diaryl/α,β-unsaturated/α-hetero) is 1. The molecular formula is C16H25NO. The Morgan fingerprint density at radius 3 is 2.39 bits per heavy atom. The number of ketones is 1. The highest BCUT2D eigenvalue weighted by Crippen LogP contribution is 2.13. The molecule has 0 amide bonds. The zero-order valence-corrected chi connectivity index (χ0v) is 11.5. The number of benzene rings is 1. The SMILES string of the molecule is CCCCCCCCCC(=O)c1cccc(N)c1. The van der Waals surface area contributed by atoms with E-state index in [1.54, 1.807) is 6.07 Å². The largest absolute Gasteiger partial charge is 0.399 e. The van der Waals surface area contributed by atoms with Crippen molar-refractivity contribution in [3.05, 3.63) is 29.8 Å². The molecule has 0 heterocycles. The predicted molar refractivity (Wildman–Crippen MR) is 77.8 cm³/mol. The molecule has 2 N–H and O–H groups in total. The van der Waals surface area contributed by atoms with Gasteiger partial charge in [0.1, 0.15) is 0 Å². The molecule has 0 fully saturated rings. The lowest BCUT2D eigenvalue weighted by Crippen LogP contribution is -1.99. The van der Waals surface area contributed by atoms with Gasteiger partial charge in [0.05, 0.1) is 0 Å². The molecule has 0 spiro atoms. The Balaban J connectivity index is 2.14. The summed E-state index contributed by atoms with van der Waals surface area (Å²) >= 11 is 0. The van der Waals surface area contributed by atoms with Crippen LogP contribution in [0.3, 0.4) is 0 Å². The maximum absolute atomic E-state index is 11.9. The highest BCUT2D eigenvalue weighted by molar-refractivity contribution is 5.96. The number of rotatable bonds is 9. The standard InChI is InChI=1S/C16H25NO/c1-2-3-4-5-6-7-8-12-16(18)14-10-9-11-15(17)13-14/h9-11,13H,2-8,12,17H2,1H3. The molecule has 0 saturated heterocycles. The number of unbranched alkanes of at least 4 members (excludes halogenated alkanes) is 6. The van der Waals surface area contributed by atoms with Crippen LogP contribution in [0, 0.1) is 0 Å². The van der Waals surface area contributed by atoms with Crippen LogP contribution in [0.2, 0.25) is 0 Å². The van der Waals surface area contributed by atoms with Crippen molar-refractivity contribution >= 4 is 11.5 Å². The minimum Gasteiger partial charge on any atom is -0.399 e. The molecule has 0 aliphatic rings. The molecule has 0 atom stereocenters. The van der Waals surface area contributed by atoms with Crippen LogP contribution in [0.5, 0.6) is 0 Å². The Kier molecular flexibility index (Phi) is 7.16. The summed E-state index contributed by atoms with van der Waals surface area (Å²) in [5.74, 6) is 0.218. The van der Waals surface area contributed by atoms with Crippen LogP contribution in [-0.2, 0) is 0 Å². The van der Waals surface area contributed by atoms with Crippen molar-refractivity contribution in [2.45, 2.75) is 58.3 Å². The smallest absolute Gasteiger partial charge is 0.162 e. The first-order chi connectivity index (χ1) is 8.74. The van der Waals surface area contributed by atoms with Gasteiger partial charge in [-0.05, 0) is 18.6 Å². The number of carbonyl (C=O) groups excluding carboxylic acids is 1. The van der Waals surface area contributed by atoms with E-state index >= 15 is 0 Å². The van der Waals surface area contributed by atoms with Crippen molar-refractivity contribution in [3.63, 3.8) is 0 Å². The summed E-state index contributed by atoms with van der Waals surface area (Å²) in [7, 11) is 0. The van der Waals surface area contributed by atoms with Gasteiger partial charge in [0.15, 0.2) is 5.78 Å². The third-order valence-corrected chi connectivity index (χ3v) is 3.22. The van der Waals surface area contributed by atoms with Gasteiger partial charge < -0.3 is 5.73 Å². The molecule has 0 saturated carbocycles. The van der Waals surface area contributed by atoms with Crippen LogP contribution in [-0.4, -0.2) is 5.78 Å². The van der Waals surface area contributed by atoms with Gasteiger partial charge in [-0.15, -0.1) is 0 Å². The van der Waals surface area contributed by atoms with Crippen LogP contribution >= 0.6 is 0 Å². The van der Waals surface area contributed by atoms with Gasteiger partial charge >= 0.3 is 0 Å². The van der Waals surface area contributed by atoms with Crippen molar-refractivity contribution in [3.8, 4) is 0 Å². The number of nitrogens with two attached hydrogens (primary N) is 1. The number of hydrogen-bond donors (Lipinski definition) is 1. The van der Waals surface area contributed by atoms with E-state index in [0.717, 1.165) is 18.4 Å². The van der Waals surface area contributed by atoms with E-state index in [1.165, 1.54) is 32.1 Å². The molecular weight excluding hydrogens is 222 g/mol. The average Bonchev–Trinajstić information content (AvgIpc) is 2.37. The lowest BCUT2D eigenvalue weighted by atomic mass is 10.0. The molecule has 100 valence electrons. The third-order valence-electron chi connectivity index (χ3n) is 3.22. The van der Waals surface area contributed by atoms with Crippen molar-refractivity contribution in [2.24, 2.45) is 0 Å². The first kappa shape index (κ1) is 14.7. The van der Waals surface area contributed by atoms with E-state index in [-0.39, 0.29) is 5.78 Å². The molecule has 1 aromatic carbocycles. The second-order valence-corrected chi connectivity index (χ2v) is 4.92. The first-order valence-corrected chi connectivity index (χ1v) is 7.12. The molecule has 0 aromatic heterocycles. The van der Waals surface area contributed by atoms with Gasteiger partial charge in [0.2, 0.25) is 0 Å². The monoisotopic (exact) mass is 247 g/mol. The number of carbonyl (C=O) groups is 1. The number of hydrogen-bond acceptors (Lipinski definition) is 2. The maximum Gasteiger partial charge on any atom is 0.162 e. The predicted octanol–water partition coefficient (Wildman–Crippen LogP) is 4.59. The lowest BCUT2D eigenvalue weighted by molar-refractivity contribution is 0.0979. The fraction of sp³-hybridized carbons (Fsp3) is 0.562. The van der Waals surface area contributed by atoms with Crippen molar-refractivity contribution in [1.29, 1.82) is 0 Å². The zero-order chi connectivity index (χ0) is 13.2. The van der Waals surface area contributed by atoms with Gasteiger partial charge in [-0.3, -0.25) is 4.79 Å². The Morgan fingerprint density at radius 2 is 1.72 bits per heavy atom. The Labute approximate surface area is 111 Å². The highest BCUT2D eigenvalue weighted by Gasteiger charge is 2.05. The van der Waals surface area contributed by atoms with Gasteiger partial charge in [-0.1, -0.05) is 57.6 Å². The summed E-state index contributed by atoms with van der Waals surface area (Å²) in [6.07, 6.45) is 9.33. The summed E-state index contributed by atoms with van der Waals surface area (Å²) in [4.78, 5) is 11.9. The fourth-order valence-electron chi connectivity index (χ4n) is 2.10. The molecule has 2 heteroatoms. The summed E-state index contributed by atoms with van der Waals surface area (Å²) in [6, 6.07) is 7.27.